The summed E-state index contributed by atoms with van der Waals surface area (Å²) in [7, 11) is 0. The highest BCUT2D eigenvalue weighted by atomic mass is 16.5. The molecule has 4 aliphatic rings. The van der Waals surface area contributed by atoms with Crippen molar-refractivity contribution >= 4 is 89.3 Å². The molecule has 18 aromatic carbocycles. The van der Waals surface area contributed by atoms with Crippen LogP contribution in [0.15, 0.2) is 334 Å². The van der Waals surface area contributed by atoms with Gasteiger partial charge in [-0.3, -0.25) is 0 Å². The largest absolute Gasteiger partial charge is 0.458 e. The van der Waals surface area contributed by atoms with Crippen molar-refractivity contribution in [3.63, 3.8) is 0 Å². The molecule has 0 bridgehead atoms. The van der Waals surface area contributed by atoms with Gasteiger partial charge in [-0.1, -0.05) is 380 Å². The van der Waals surface area contributed by atoms with Gasteiger partial charge in [0, 0.05) is 10.9 Å². The Morgan fingerprint density at radius 3 is 0.739 bits per heavy atom. The van der Waals surface area contributed by atoms with E-state index >= 15 is 0 Å². The minimum Gasteiger partial charge on any atom is -0.458 e. The SMILES string of the molecule is CC(C)(C)c1cccc(-c2cc(-c3cc4c5c(c3)Oc3ccc(C(C)(C)CCC(C)(C)c6cc(-c7cc(-c8cc9c%10c(c8)Oc8ccc(C(C)(C)C)cc8B%10c8cc(C(C)(C)C)ccc8O9)cc(-c8c9ccccc9c(-c9ccccc9)c9ccccc89)c7)cc(C(C)(C)C)c6)cc3B5c3cc(C(C)(C)C)ccc3O4)cc(-c3c4ccccc4c(-c4ccccc4)c4ccccc34)c2)c1. The average molecular weight is 1740 g/mol. The van der Waals surface area contributed by atoms with Gasteiger partial charge in [0.15, 0.2) is 0 Å². The molecule has 18 aromatic rings. The van der Waals surface area contributed by atoms with E-state index in [0.29, 0.717) is 0 Å². The van der Waals surface area contributed by atoms with Crippen LogP contribution in [0.1, 0.15) is 183 Å². The Morgan fingerprint density at radius 1 is 0.172 bits per heavy atom. The summed E-state index contributed by atoms with van der Waals surface area (Å²) < 4.78 is 29.5. The van der Waals surface area contributed by atoms with E-state index in [-0.39, 0.29) is 51.3 Å². The maximum atomic E-state index is 7.50. The van der Waals surface area contributed by atoms with Crippen LogP contribution in [0.3, 0.4) is 0 Å². The highest BCUT2D eigenvalue weighted by molar-refractivity contribution is 6.99. The lowest BCUT2D eigenvalue weighted by Crippen LogP contribution is -2.57. The molecule has 0 saturated carbocycles. The van der Waals surface area contributed by atoms with E-state index in [9.17, 15) is 0 Å². The molecular formula is C128H116B2O4. The lowest BCUT2D eigenvalue weighted by molar-refractivity contribution is 0.374. The third-order valence-electron chi connectivity index (χ3n) is 29.8. The molecule has 4 nitrogen and oxygen atoms in total. The molecule has 134 heavy (non-hydrogen) atoms. The number of ether oxygens (including phenoxy) is 4. The van der Waals surface area contributed by atoms with E-state index in [2.05, 4.69) is 465 Å². The van der Waals surface area contributed by atoms with Crippen LogP contribution in [-0.2, 0) is 37.9 Å². The number of benzene rings is 18. The fourth-order valence-electron chi connectivity index (χ4n) is 21.8. The molecule has 0 spiro atoms. The first kappa shape index (κ1) is 85.8. The quantitative estimate of drug-likeness (QED) is 0.0852. The van der Waals surface area contributed by atoms with E-state index in [1.54, 1.807) is 0 Å². The predicted octanol–water partition coefficient (Wildman–Crippen LogP) is 31.6. The molecule has 0 amide bonds. The van der Waals surface area contributed by atoms with Crippen LogP contribution in [-0.4, -0.2) is 13.4 Å². The van der Waals surface area contributed by atoms with Gasteiger partial charge >= 0.3 is 0 Å². The molecule has 6 heteroatoms. The van der Waals surface area contributed by atoms with E-state index in [1.807, 2.05) is 0 Å². The van der Waals surface area contributed by atoms with Gasteiger partial charge in [-0.05, 0) is 329 Å². The van der Waals surface area contributed by atoms with Gasteiger partial charge < -0.3 is 18.9 Å². The zero-order valence-corrected chi connectivity index (χ0v) is 81.0. The molecule has 0 aliphatic carbocycles. The maximum absolute atomic E-state index is 7.50. The zero-order chi connectivity index (χ0) is 92.8. The van der Waals surface area contributed by atoms with Crippen LogP contribution in [0.2, 0.25) is 0 Å². The van der Waals surface area contributed by atoms with Crippen molar-refractivity contribution in [1.29, 1.82) is 0 Å². The fourth-order valence-corrected chi connectivity index (χ4v) is 21.8. The Bertz CT molecular complexity index is 7660. The van der Waals surface area contributed by atoms with E-state index < -0.39 is 0 Å². The van der Waals surface area contributed by atoms with Crippen LogP contribution in [0.25, 0.3) is 132 Å². The summed E-state index contributed by atoms with van der Waals surface area (Å²) in [4.78, 5) is 0. The van der Waals surface area contributed by atoms with Crippen molar-refractivity contribution in [3.8, 4) is 135 Å². The standard InChI is InChI=1S/C128H116B2O4/c1-122(2,3)89-40-34-39-79(65-89)80-59-82(63-87(61-80)118-100-45-30-26-41-96(100)116(77-35-22-20-23-36-77)97-42-27-31-46-101(97)118)85-68-114-121-115(69-85)134-111-56-52-93(76-107(111)130(121)106-75-92(125(10,11)12)51-55-110(106)133-114)127(16,17)57-58-128(18,19)95-67-84(66-94(72-95)126(13,14)15)81-60-83(64-88(62-81)119-102-47-32-28-43-98(102)117(78-37-24-21-25-38-78)99-44-29-33-48-103(99)119)86-70-112-120-113(71-86)132-109-54-50-91(124(7,8)9)74-105(109)129(120)104-73-90(123(4,5)6)49-53-108(104)131-112/h20-56,59-76H,57-58H2,1-19H3. The number of hydrogen-bond acceptors (Lipinski definition) is 4. The van der Waals surface area contributed by atoms with Gasteiger partial charge in [0.25, 0.3) is 13.4 Å². The second-order valence-electron chi connectivity index (χ2n) is 45.0. The first-order chi connectivity index (χ1) is 64.0. The molecular weight excluding hydrogens is 1620 g/mol. The van der Waals surface area contributed by atoms with Crippen LogP contribution >= 0.6 is 0 Å². The molecule has 0 N–H and O–H groups in total. The molecule has 0 radical (unpaired) electrons. The van der Waals surface area contributed by atoms with E-state index in [1.165, 1.54) is 137 Å². The molecule has 0 fully saturated rings. The summed E-state index contributed by atoms with van der Waals surface area (Å²) in [6, 6.07) is 126. The highest BCUT2D eigenvalue weighted by Gasteiger charge is 2.45. The van der Waals surface area contributed by atoms with Crippen molar-refractivity contribution < 1.29 is 18.9 Å². The van der Waals surface area contributed by atoms with E-state index in [4.69, 9.17) is 18.9 Å². The monoisotopic (exact) mass is 1740 g/mol. The van der Waals surface area contributed by atoms with E-state index in [0.717, 1.165) is 125 Å². The molecule has 658 valence electrons. The van der Waals surface area contributed by atoms with Crippen LogP contribution in [0, 0.1) is 0 Å². The predicted molar refractivity (Wildman–Crippen MR) is 571 cm³/mol. The normalized spacial score (nSPS) is 13.5. The fraction of sp³-hybridized carbons (Fsp3) is 0.219. The van der Waals surface area contributed by atoms with Gasteiger partial charge in [-0.25, -0.2) is 0 Å². The Morgan fingerprint density at radius 2 is 0.410 bits per heavy atom. The average Bonchev–Trinajstić information content (AvgIpc) is 0.726. The third-order valence-corrected chi connectivity index (χ3v) is 29.8. The van der Waals surface area contributed by atoms with Crippen molar-refractivity contribution in [2.75, 3.05) is 0 Å². The third kappa shape index (κ3) is 15.0. The zero-order valence-electron chi connectivity index (χ0n) is 81.0. The summed E-state index contributed by atoms with van der Waals surface area (Å²) in [6.07, 6.45) is 1.83. The van der Waals surface area contributed by atoms with Crippen LogP contribution in [0.5, 0.6) is 46.0 Å². The number of rotatable bonds is 13. The van der Waals surface area contributed by atoms with Crippen molar-refractivity contribution in [1.82, 2.24) is 0 Å². The summed E-state index contributed by atoms with van der Waals surface area (Å²) in [5.41, 5.74) is 33.1. The molecule has 22 rings (SSSR count). The first-order valence-corrected chi connectivity index (χ1v) is 48.2. The first-order valence-electron chi connectivity index (χ1n) is 48.2. The van der Waals surface area contributed by atoms with Gasteiger partial charge in [0.2, 0.25) is 0 Å². The van der Waals surface area contributed by atoms with Crippen molar-refractivity contribution in [2.45, 2.75) is 182 Å². The Balaban J connectivity index is 0.652. The Kier molecular flexibility index (Phi) is 20.2. The molecule has 0 aromatic heterocycles. The van der Waals surface area contributed by atoms with Gasteiger partial charge in [0.05, 0.1) is 0 Å². The second-order valence-corrected chi connectivity index (χ2v) is 45.0. The summed E-state index contributed by atoms with van der Waals surface area (Å²) in [5.74, 6) is 6.76. The lowest BCUT2D eigenvalue weighted by atomic mass is 9.34. The Hall–Kier alpha value is -13.7. The van der Waals surface area contributed by atoms with Crippen molar-refractivity contribution in [2.24, 2.45) is 0 Å². The maximum Gasteiger partial charge on any atom is 0.260 e. The lowest BCUT2D eigenvalue weighted by Gasteiger charge is -2.36. The van der Waals surface area contributed by atoms with Crippen LogP contribution < -0.4 is 51.7 Å². The van der Waals surface area contributed by atoms with Gasteiger partial charge in [0.1, 0.15) is 46.0 Å². The summed E-state index contributed by atoms with van der Waals surface area (Å²) in [6.45, 7) is 44.4. The summed E-state index contributed by atoms with van der Waals surface area (Å²) >= 11 is 0. The number of hydrogen-bond donors (Lipinski definition) is 0. The molecule has 0 saturated heterocycles. The molecule has 0 atom stereocenters. The van der Waals surface area contributed by atoms with Crippen LogP contribution in [0.4, 0.5) is 0 Å². The number of fused-ring (bicyclic) bond motifs is 12. The molecule has 0 unspecified atom stereocenters. The van der Waals surface area contributed by atoms with Gasteiger partial charge in [-0.2, -0.15) is 0 Å². The summed E-state index contributed by atoms with van der Waals surface area (Å²) in [5, 5.41) is 9.69. The topological polar surface area (TPSA) is 36.9 Å². The van der Waals surface area contributed by atoms with Crippen molar-refractivity contribution in [3.05, 3.63) is 373 Å². The smallest absolute Gasteiger partial charge is 0.260 e. The van der Waals surface area contributed by atoms with Gasteiger partial charge in [-0.15, -0.1) is 0 Å². The minimum absolute atomic E-state index is 0.0588. The highest BCUT2D eigenvalue weighted by Crippen LogP contribution is 2.53. The second kappa shape index (κ2) is 31.5. The molecule has 4 heterocycles. The minimum atomic E-state index is -0.287. The molecule has 4 aliphatic heterocycles. The Labute approximate surface area is 792 Å².